The Hall–Kier alpha value is -1.59. The van der Waals surface area contributed by atoms with E-state index >= 15 is 0 Å². The quantitative estimate of drug-likeness (QED) is 0.776. The van der Waals surface area contributed by atoms with Gasteiger partial charge in [0.2, 0.25) is 5.91 Å². The number of hydrogen-bond acceptors (Lipinski definition) is 3. The Morgan fingerprint density at radius 2 is 1.82 bits per heavy atom. The largest absolute Gasteiger partial charge is 0.351 e. The number of amides is 2. The fourth-order valence-corrected chi connectivity index (χ4v) is 2.67. The summed E-state index contributed by atoms with van der Waals surface area (Å²) in [6.07, 6.45) is 5.30. The number of halogens is 1. The van der Waals surface area contributed by atoms with E-state index in [1.807, 2.05) is 6.07 Å². The number of carbonyl (C=O) groups excluding carboxylic acids is 2. The summed E-state index contributed by atoms with van der Waals surface area (Å²) >= 11 is 0. The maximum Gasteiger partial charge on any atom is 0.253 e. The number of anilines is 1. The maximum absolute atomic E-state index is 12.3. The lowest BCUT2D eigenvalue weighted by atomic mass is 9.88. The van der Waals surface area contributed by atoms with E-state index in [0.717, 1.165) is 25.7 Å². The van der Waals surface area contributed by atoms with Crippen molar-refractivity contribution in [3.8, 4) is 0 Å². The summed E-state index contributed by atoms with van der Waals surface area (Å²) in [6, 6.07) is 7.07. The molecule has 6 heteroatoms. The normalized spacial score (nSPS) is 14.8. The molecule has 0 aliphatic heterocycles. The lowest BCUT2D eigenvalue weighted by molar-refractivity contribution is -0.120. The van der Waals surface area contributed by atoms with Gasteiger partial charge >= 0.3 is 0 Å². The van der Waals surface area contributed by atoms with Gasteiger partial charge in [-0.2, -0.15) is 0 Å². The molecule has 0 unspecified atom stereocenters. The zero-order valence-electron chi connectivity index (χ0n) is 12.6. The monoisotopic (exact) mass is 325 g/mol. The molecule has 1 aromatic carbocycles. The molecule has 5 nitrogen and oxygen atoms in total. The molecule has 2 rings (SSSR count). The maximum atomic E-state index is 12.3. The molecule has 1 fully saturated rings. The lowest BCUT2D eigenvalue weighted by Gasteiger charge is -2.21. The van der Waals surface area contributed by atoms with Gasteiger partial charge in [-0.3, -0.25) is 9.59 Å². The molecule has 0 saturated heterocycles. The highest BCUT2D eigenvalue weighted by atomic mass is 35.5. The van der Waals surface area contributed by atoms with Crippen LogP contribution in [0.4, 0.5) is 5.69 Å². The van der Waals surface area contributed by atoms with Gasteiger partial charge in [0.25, 0.3) is 5.91 Å². The predicted molar refractivity (Wildman–Crippen MR) is 90.3 cm³/mol. The first-order chi connectivity index (χ1) is 10.2. The Kier molecular flexibility index (Phi) is 7.91. The second-order valence-corrected chi connectivity index (χ2v) is 5.41. The van der Waals surface area contributed by atoms with Crippen LogP contribution in [0.3, 0.4) is 0 Å². The van der Waals surface area contributed by atoms with Crippen LogP contribution in [0.2, 0.25) is 0 Å². The van der Waals surface area contributed by atoms with Crippen LogP contribution in [0.25, 0.3) is 0 Å². The Morgan fingerprint density at radius 3 is 2.50 bits per heavy atom. The van der Waals surface area contributed by atoms with Gasteiger partial charge in [0.1, 0.15) is 0 Å². The topological polar surface area (TPSA) is 84.2 Å². The Labute approximate surface area is 137 Å². The zero-order valence-corrected chi connectivity index (χ0v) is 13.5. The highest BCUT2D eigenvalue weighted by molar-refractivity contribution is 6.04. The van der Waals surface area contributed by atoms with Crippen molar-refractivity contribution < 1.29 is 9.59 Å². The third-order valence-corrected chi connectivity index (χ3v) is 3.84. The summed E-state index contributed by atoms with van der Waals surface area (Å²) in [4.78, 5) is 24.4. The molecular weight excluding hydrogens is 302 g/mol. The molecule has 0 aromatic heterocycles. The molecule has 0 bridgehead atoms. The molecule has 4 N–H and O–H groups in total. The number of hydrogen-bond donors (Lipinski definition) is 3. The minimum absolute atomic E-state index is 0. The number of carbonyl (C=O) groups is 2. The molecule has 0 atom stereocenters. The van der Waals surface area contributed by atoms with Crippen LogP contribution in [-0.4, -0.2) is 24.9 Å². The number of para-hydroxylation sites is 1. The van der Waals surface area contributed by atoms with Crippen molar-refractivity contribution in [1.82, 2.24) is 5.32 Å². The molecule has 2 amide bonds. The number of nitrogens with one attached hydrogen (secondary N) is 2. The van der Waals surface area contributed by atoms with Gasteiger partial charge in [-0.05, 0) is 25.0 Å². The lowest BCUT2D eigenvalue weighted by Crippen LogP contribution is -2.31. The van der Waals surface area contributed by atoms with Crippen LogP contribution in [0.5, 0.6) is 0 Å². The minimum Gasteiger partial charge on any atom is -0.351 e. The third kappa shape index (κ3) is 5.00. The van der Waals surface area contributed by atoms with Gasteiger partial charge < -0.3 is 16.4 Å². The van der Waals surface area contributed by atoms with Gasteiger partial charge in [-0.25, -0.2) is 0 Å². The average Bonchev–Trinajstić information content (AvgIpc) is 2.54. The van der Waals surface area contributed by atoms with Gasteiger partial charge in [0, 0.05) is 19.0 Å². The summed E-state index contributed by atoms with van der Waals surface area (Å²) in [6.45, 7) is 0.812. The second-order valence-electron chi connectivity index (χ2n) is 5.41. The van der Waals surface area contributed by atoms with Crippen molar-refractivity contribution in [2.45, 2.75) is 32.1 Å². The fraction of sp³-hybridized carbons (Fsp3) is 0.500. The molecule has 1 aliphatic carbocycles. The van der Waals surface area contributed by atoms with Crippen molar-refractivity contribution >= 4 is 29.9 Å². The molecule has 1 saturated carbocycles. The van der Waals surface area contributed by atoms with E-state index in [-0.39, 0.29) is 30.1 Å². The van der Waals surface area contributed by atoms with Crippen molar-refractivity contribution in [2.75, 3.05) is 18.4 Å². The highest BCUT2D eigenvalue weighted by Gasteiger charge is 2.22. The summed E-state index contributed by atoms with van der Waals surface area (Å²) in [5, 5.41) is 5.63. The standard InChI is InChI=1S/C16H23N3O2.ClH/c17-10-11-18-16(21)13-8-4-5-9-14(13)19-15(20)12-6-2-1-3-7-12;/h4-5,8-9,12H,1-3,6-7,10-11,17H2,(H,18,21)(H,19,20);1H. The van der Waals surface area contributed by atoms with E-state index in [1.54, 1.807) is 18.2 Å². The molecular formula is C16H24ClN3O2. The molecule has 1 aromatic rings. The molecule has 22 heavy (non-hydrogen) atoms. The summed E-state index contributed by atoms with van der Waals surface area (Å²) in [5.74, 6) is -0.118. The van der Waals surface area contributed by atoms with Crippen LogP contribution >= 0.6 is 12.4 Å². The first-order valence-corrected chi connectivity index (χ1v) is 7.60. The fourth-order valence-electron chi connectivity index (χ4n) is 2.67. The Morgan fingerprint density at radius 1 is 1.14 bits per heavy atom. The van der Waals surface area contributed by atoms with Crippen molar-refractivity contribution in [2.24, 2.45) is 11.7 Å². The predicted octanol–water partition coefficient (Wildman–Crippen LogP) is 2.32. The minimum atomic E-state index is -0.208. The summed E-state index contributed by atoms with van der Waals surface area (Å²) < 4.78 is 0. The van der Waals surface area contributed by atoms with E-state index in [1.165, 1.54) is 6.42 Å². The van der Waals surface area contributed by atoms with E-state index in [2.05, 4.69) is 10.6 Å². The molecule has 122 valence electrons. The van der Waals surface area contributed by atoms with Gasteiger partial charge in [0.15, 0.2) is 0 Å². The first-order valence-electron chi connectivity index (χ1n) is 7.60. The number of rotatable bonds is 5. The number of benzene rings is 1. The van der Waals surface area contributed by atoms with Crippen molar-refractivity contribution in [1.29, 1.82) is 0 Å². The highest BCUT2D eigenvalue weighted by Crippen LogP contribution is 2.25. The molecule has 0 heterocycles. The van der Waals surface area contributed by atoms with E-state index in [4.69, 9.17) is 5.73 Å². The smallest absolute Gasteiger partial charge is 0.253 e. The van der Waals surface area contributed by atoms with E-state index < -0.39 is 0 Å². The molecule has 0 radical (unpaired) electrons. The molecule has 1 aliphatic rings. The van der Waals surface area contributed by atoms with E-state index in [9.17, 15) is 9.59 Å². The SMILES string of the molecule is Cl.NCCNC(=O)c1ccccc1NC(=O)C1CCCCC1. The summed E-state index contributed by atoms with van der Waals surface area (Å²) in [5.41, 5.74) is 6.44. The summed E-state index contributed by atoms with van der Waals surface area (Å²) in [7, 11) is 0. The van der Waals surface area contributed by atoms with Gasteiger partial charge in [-0.15, -0.1) is 12.4 Å². The van der Waals surface area contributed by atoms with Crippen molar-refractivity contribution in [3.05, 3.63) is 29.8 Å². The van der Waals surface area contributed by atoms with Crippen LogP contribution in [-0.2, 0) is 4.79 Å². The van der Waals surface area contributed by atoms with Crippen LogP contribution < -0.4 is 16.4 Å². The van der Waals surface area contributed by atoms with Crippen LogP contribution in [0, 0.1) is 5.92 Å². The van der Waals surface area contributed by atoms with Crippen LogP contribution in [0.1, 0.15) is 42.5 Å². The Bertz CT molecular complexity index is 502. The van der Waals surface area contributed by atoms with Gasteiger partial charge in [0.05, 0.1) is 11.3 Å². The van der Waals surface area contributed by atoms with Gasteiger partial charge in [-0.1, -0.05) is 31.4 Å². The number of nitrogens with two attached hydrogens (primary N) is 1. The zero-order chi connectivity index (χ0) is 15.1. The van der Waals surface area contributed by atoms with Crippen molar-refractivity contribution in [3.63, 3.8) is 0 Å². The Balaban J connectivity index is 0.00000242. The second kappa shape index (κ2) is 9.43. The van der Waals surface area contributed by atoms with Crippen LogP contribution in [0.15, 0.2) is 24.3 Å². The third-order valence-electron chi connectivity index (χ3n) is 3.84. The first kappa shape index (κ1) is 18.5. The van der Waals surface area contributed by atoms with E-state index in [0.29, 0.717) is 24.3 Å². The average molecular weight is 326 g/mol. The molecule has 0 spiro atoms.